The van der Waals surface area contributed by atoms with Gasteiger partial charge in [0.05, 0.1) is 0 Å². The van der Waals surface area contributed by atoms with Gasteiger partial charge in [0.1, 0.15) is 0 Å². The van der Waals surface area contributed by atoms with Gasteiger partial charge in [-0.3, -0.25) is 9.59 Å². The first-order valence-corrected chi connectivity index (χ1v) is 4.84. The molecule has 2 rings (SSSR count). The third kappa shape index (κ3) is 3.02. The predicted molar refractivity (Wildman–Crippen MR) is 48.2 cm³/mol. The molecule has 2 aliphatic rings. The number of carbonyl (C=O) groups is 3. The number of halogens is 3. The van der Waals surface area contributed by atoms with Crippen LogP contribution in [0.4, 0.5) is 13.2 Å². The fourth-order valence-corrected chi connectivity index (χ4v) is 1.72. The lowest BCUT2D eigenvalue weighted by molar-refractivity contribution is -0.192. The Morgan fingerprint density at radius 2 is 1.71 bits per heavy atom. The molecular weight excluding hydrogens is 243 g/mol. The number of nitrogens with one attached hydrogen (secondary N) is 1. The molecule has 17 heavy (non-hydrogen) atoms. The third-order valence-electron chi connectivity index (χ3n) is 2.64. The highest BCUT2D eigenvalue weighted by Gasteiger charge is 2.49. The van der Waals surface area contributed by atoms with Crippen molar-refractivity contribution < 1.29 is 32.7 Å². The van der Waals surface area contributed by atoms with E-state index in [1.165, 1.54) is 0 Å². The maximum atomic E-state index is 10.8. The van der Waals surface area contributed by atoms with Crippen LogP contribution in [-0.4, -0.2) is 41.9 Å². The number of ketones is 2. The van der Waals surface area contributed by atoms with Crippen LogP contribution in [0.5, 0.6) is 0 Å². The summed E-state index contributed by atoms with van der Waals surface area (Å²) in [5, 5.41) is 10.2. The van der Waals surface area contributed by atoms with Crippen LogP contribution >= 0.6 is 0 Å². The van der Waals surface area contributed by atoms with Crippen LogP contribution in [0.15, 0.2) is 0 Å². The molecule has 1 aliphatic heterocycles. The van der Waals surface area contributed by atoms with Crippen LogP contribution in [0, 0.1) is 11.8 Å². The molecule has 0 bridgehead atoms. The minimum atomic E-state index is -5.08. The van der Waals surface area contributed by atoms with Crippen molar-refractivity contribution in [3.63, 3.8) is 0 Å². The normalized spacial score (nSPS) is 27.5. The van der Waals surface area contributed by atoms with Crippen molar-refractivity contribution in [2.24, 2.45) is 11.8 Å². The fourth-order valence-electron chi connectivity index (χ4n) is 1.72. The van der Waals surface area contributed by atoms with E-state index in [1.807, 2.05) is 0 Å². The zero-order chi connectivity index (χ0) is 13.2. The summed E-state index contributed by atoms with van der Waals surface area (Å²) in [5.74, 6) is -2.94. The zero-order valence-corrected chi connectivity index (χ0v) is 8.58. The summed E-state index contributed by atoms with van der Waals surface area (Å²) in [6.07, 6.45) is -4.23. The van der Waals surface area contributed by atoms with Crippen LogP contribution in [0.1, 0.15) is 6.42 Å². The number of piperidine rings is 1. The Kier molecular flexibility index (Phi) is 3.87. The minimum Gasteiger partial charge on any atom is -0.475 e. The fraction of sp³-hybridized carbons (Fsp3) is 0.667. The van der Waals surface area contributed by atoms with Gasteiger partial charge < -0.3 is 10.4 Å². The van der Waals surface area contributed by atoms with E-state index in [9.17, 15) is 22.8 Å². The average molecular weight is 253 g/mol. The quantitative estimate of drug-likeness (QED) is 0.593. The standard InChI is InChI=1S/C7H9NO2.C2HF3O2/c9-6-4-1-2-8-3-5(4)7(6)10;3-2(4,5)1(6)7/h4-5,8H,1-3H2;(H,6,7)/t4-,5+;/m1./s1. The number of hydrogen-bond donors (Lipinski definition) is 2. The monoisotopic (exact) mass is 253 g/mol. The molecule has 8 heteroatoms. The van der Waals surface area contributed by atoms with Crippen molar-refractivity contribution >= 4 is 17.5 Å². The molecule has 1 saturated heterocycles. The van der Waals surface area contributed by atoms with Gasteiger partial charge in [0.25, 0.3) is 0 Å². The second-order valence-corrected chi connectivity index (χ2v) is 3.74. The van der Waals surface area contributed by atoms with E-state index < -0.39 is 12.1 Å². The molecule has 0 radical (unpaired) electrons. The summed E-state index contributed by atoms with van der Waals surface area (Å²) in [4.78, 5) is 30.5. The number of aliphatic carboxylic acids is 1. The van der Waals surface area contributed by atoms with Gasteiger partial charge in [-0.15, -0.1) is 0 Å². The van der Waals surface area contributed by atoms with Gasteiger partial charge in [-0.2, -0.15) is 13.2 Å². The summed E-state index contributed by atoms with van der Waals surface area (Å²) in [5.41, 5.74) is 0. The Morgan fingerprint density at radius 1 is 1.24 bits per heavy atom. The van der Waals surface area contributed by atoms with E-state index in [0.29, 0.717) is 0 Å². The van der Waals surface area contributed by atoms with Gasteiger partial charge in [-0.05, 0) is 13.0 Å². The minimum absolute atomic E-state index is 0.0289. The SMILES string of the molecule is O=C(O)C(F)(F)F.O=C1C(=O)[C@@H]2CCNC[C@H]12. The maximum Gasteiger partial charge on any atom is 0.490 e. The summed E-state index contributed by atoms with van der Waals surface area (Å²) in [6, 6.07) is 0. The predicted octanol–water partition coefficient (Wildman–Crippen LogP) is -0.00280. The summed E-state index contributed by atoms with van der Waals surface area (Å²) >= 11 is 0. The van der Waals surface area contributed by atoms with Crippen LogP contribution in [0.2, 0.25) is 0 Å². The molecule has 2 atom stereocenters. The van der Waals surface area contributed by atoms with Crippen LogP contribution in [0.3, 0.4) is 0 Å². The van der Waals surface area contributed by atoms with Crippen LogP contribution < -0.4 is 5.32 Å². The summed E-state index contributed by atoms with van der Waals surface area (Å²) in [7, 11) is 0. The van der Waals surface area contributed by atoms with E-state index in [0.717, 1.165) is 19.5 Å². The Morgan fingerprint density at radius 3 is 2.12 bits per heavy atom. The molecular formula is C9H10F3NO4. The highest BCUT2D eigenvalue weighted by molar-refractivity contribution is 6.45. The van der Waals surface area contributed by atoms with E-state index in [-0.39, 0.29) is 23.4 Å². The number of hydrogen-bond acceptors (Lipinski definition) is 4. The zero-order valence-electron chi connectivity index (χ0n) is 8.58. The second kappa shape index (κ2) is 4.82. The topological polar surface area (TPSA) is 83.5 Å². The molecule has 5 nitrogen and oxygen atoms in total. The largest absolute Gasteiger partial charge is 0.490 e. The number of alkyl halides is 3. The van der Waals surface area contributed by atoms with Gasteiger partial charge in [0.2, 0.25) is 11.6 Å². The number of carboxylic acid groups (broad SMARTS) is 1. The molecule has 96 valence electrons. The number of rotatable bonds is 0. The molecule has 1 saturated carbocycles. The molecule has 0 aromatic carbocycles. The van der Waals surface area contributed by atoms with Crippen LogP contribution in [-0.2, 0) is 14.4 Å². The Labute approximate surface area is 94.0 Å². The van der Waals surface area contributed by atoms with Gasteiger partial charge in [0.15, 0.2) is 0 Å². The first-order chi connectivity index (χ1) is 7.75. The highest BCUT2D eigenvalue weighted by atomic mass is 19.4. The van der Waals surface area contributed by atoms with Crippen LogP contribution in [0.25, 0.3) is 0 Å². The molecule has 0 aromatic heterocycles. The van der Waals surface area contributed by atoms with Crippen molar-refractivity contribution in [2.45, 2.75) is 12.6 Å². The molecule has 0 unspecified atom stereocenters. The van der Waals surface area contributed by atoms with Crippen molar-refractivity contribution in [2.75, 3.05) is 13.1 Å². The van der Waals surface area contributed by atoms with E-state index in [2.05, 4.69) is 5.32 Å². The van der Waals surface area contributed by atoms with E-state index >= 15 is 0 Å². The average Bonchev–Trinajstić information content (AvgIpc) is 2.27. The van der Waals surface area contributed by atoms with E-state index in [4.69, 9.17) is 9.90 Å². The van der Waals surface area contributed by atoms with Gasteiger partial charge in [-0.1, -0.05) is 0 Å². The molecule has 1 heterocycles. The molecule has 0 spiro atoms. The lowest BCUT2D eigenvalue weighted by Gasteiger charge is -2.37. The number of carboxylic acids is 1. The number of fused-ring (bicyclic) bond motifs is 1. The van der Waals surface area contributed by atoms with Gasteiger partial charge >= 0.3 is 12.1 Å². The van der Waals surface area contributed by atoms with Crippen molar-refractivity contribution in [1.29, 1.82) is 0 Å². The first kappa shape index (κ1) is 13.6. The highest BCUT2D eigenvalue weighted by Crippen LogP contribution is 2.31. The van der Waals surface area contributed by atoms with Gasteiger partial charge in [0, 0.05) is 18.4 Å². The van der Waals surface area contributed by atoms with Crippen molar-refractivity contribution in [3.8, 4) is 0 Å². The molecule has 0 amide bonds. The van der Waals surface area contributed by atoms with E-state index in [1.54, 1.807) is 0 Å². The lowest BCUT2D eigenvalue weighted by Crippen LogP contribution is -2.56. The Balaban J connectivity index is 0.000000185. The number of carbonyl (C=O) groups excluding carboxylic acids is 2. The Hall–Kier alpha value is -1.44. The Bertz CT molecular complexity index is 331. The summed E-state index contributed by atoms with van der Waals surface area (Å²) in [6.45, 7) is 1.61. The number of Topliss-reactive ketones (excluding diaryl/α,β-unsaturated/α-hetero) is 2. The van der Waals surface area contributed by atoms with Gasteiger partial charge in [-0.25, -0.2) is 4.79 Å². The first-order valence-electron chi connectivity index (χ1n) is 4.84. The molecule has 2 N–H and O–H groups in total. The lowest BCUT2D eigenvalue weighted by atomic mass is 9.68. The maximum absolute atomic E-state index is 10.8. The van der Waals surface area contributed by atoms with Crippen molar-refractivity contribution in [3.05, 3.63) is 0 Å². The summed E-state index contributed by atoms with van der Waals surface area (Å²) < 4.78 is 31.7. The smallest absolute Gasteiger partial charge is 0.475 e. The molecule has 0 aromatic rings. The van der Waals surface area contributed by atoms with Crippen molar-refractivity contribution in [1.82, 2.24) is 5.32 Å². The third-order valence-corrected chi connectivity index (χ3v) is 2.64. The second-order valence-electron chi connectivity index (χ2n) is 3.74. The molecule has 1 aliphatic carbocycles. The molecule has 2 fully saturated rings.